The van der Waals surface area contributed by atoms with Crippen molar-refractivity contribution >= 4 is 5.97 Å². The molecule has 0 aliphatic heterocycles. The monoisotopic (exact) mass is 481 g/mol. The van der Waals surface area contributed by atoms with Crippen LogP contribution in [-0.4, -0.2) is 16.0 Å². The molecule has 4 heteroatoms. The van der Waals surface area contributed by atoms with Crippen molar-refractivity contribution in [3.05, 3.63) is 131 Å². The molecule has 184 valence electrons. The fourth-order valence-corrected chi connectivity index (χ4v) is 5.03. The van der Waals surface area contributed by atoms with E-state index in [1.807, 2.05) is 98.8 Å². The molecule has 3 nitrogen and oxygen atoms in total. The molecule has 0 unspecified atom stereocenters. The summed E-state index contributed by atoms with van der Waals surface area (Å²) in [6, 6.07) is 30.3. The molecule has 0 heterocycles. The van der Waals surface area contributed by atoms with Gasteiger partial charge in [0.25, 0.3) is 0 Å². The molecule has 0 fully saturated rings. The van der Waals surface area contributed by atoms with Crippen molar-refractivity contribution in [2.45, 2.75) is 45.8 Å². The van der Waals surface area contributed by atoms with Gasteiger partial charge in [0.05, 0.1) is 6.42 Å². The Hall–Kier alpha value is -3.76. The molecule has 36 heavy (non-hydrogen) atoms. The second kappa shape index (κ2) is 11.3. The van der Waals surface area contributed by atoms with E-state index >= 15 is 4.39 Å². The van der Waals surface area contributed by atoms with Crippen LogP contribution in [0.5, 0.6) is 0 Å². The van der Waals surface area contributed by atoms with Gasteiger partial charge in [-0.1, -0.05) is 84.9 Å². The molecule has 0 bridgehead atoms. The predicted octanol–water partition coefficient (Wildman–Crippen LogP) is 7.89. The summed E-state index contributed by atoms with van der Waals surface area (Å²) in [6.07, 6.45) is -0.211. The van der Waals surface area contributed by atoms with Gasteiger partial charge in [0.2, 0.25) is 0 Å². The first-order chi connectivity index (χ1) is 17.3. The highest BCUT2D eigenvalue weighted by molar-refractivity contribution is 5.72. The summed E-state index contributed by atoms with van der Waals surface area (Å²) in [5.74, 6) is -1.36. The van der Waals surface area contributed by atoms with E-state index < -0.39 is 17.8 Å². The van der Waals surface area contributed by atoms with Crippen LogP contribution in [-0.2, 0) is 11.3 Å². The molecule has 0 aliphatic carbocycles. The van der Waals surface area contributed by atoms with E-state index in [-0.39, 0.29) is 12.5 Å². The number of nitrogens with zero attached hydrogens (tertiary/aromatic N) is 1. The summed E-state index contributed by atoms with van der Waals surface area (Å²) in [5.41, 5.74) is 6.64. The zero-order valence-corrected chi connectivity index (χ0v) is 21.0. The second-order valence-electron chi connectivity index (χ2n) is 9.36. The maximum Gasteiger partial charge on any atom is 0.305 e. The lowest BCUT2D eigenvalue weighted by molar-refractivity contribution is -0.138. The molecule has 0 amide bonds. The molecule has 0 radical (unpaired) electrons. The Labute approximate surface area is 212 Å². The largest absolute Gasteiger partial charge is 0.481 e. The van der Waals surface area contributed by atoms with Crippen molar-refractivity contribution in [2.75, 3.05) is 0 Å². The van der Waals surface area contributed by atoms with Gasteiger partial charge in [0.1, 0.15) is 5.82 Å². The zero-order chi connectivity index (χ0) is 25.7. The molecule has 4 aromatic carbocycles. The number of aliphatic carboxylic acids is 1. The van der Waals surface area contributed by atoms with Gasteiger partial charge in [-0.15, -0.1) is 0 Å². The van der Waals surface area contributed by atoms with Crippen molar-refractivity contribution < 1.29 is 14.3 Å². The standard InChI is InChI=1S/C32H32FNO2/c1-22-11-10-12-23(2)32(22)27-17-18-29(33)28(19-27)30(20-31(35)36)34(21-25-13-6-4-7-14-25)24(3)26-15-8-5-9-16-26/h4-19,24,30H,20-21H2,1-3H3,(H,35,36)/t24-,30+/m1/s1. The number of carbonyl (C=O) groups is 1. The zero-order valence-electron chi connectivity index (χ0n) is 21.0. The van der Waals surface area contributed by atoms with Crippen LogP contribution in [0, 0.1) is 19.7 Å². The van der Waals surface area contributed by atoms with Gasteiger partial charge in [-0.2, -0.15) is 0 Å². The minimum Gasteiger partial charge on any atom is -0.481 e. The maximum atomic E-state index is 15.5. The van der Waals surface area contributed by atoms with E-state index in [1.54, 1.807) is 6.07 Å². The lowest BCUT2D eigenvalue weighted by Crippen LogP contribution is -2.33. The Balaban J connectivity index is 1.86. The number of halogens is 1. The lowest BCUT2D eigenvalue weighted by Gasteiger charge is -2.37. The molecule has 0 saturated heterocycles. The molecular weight excluding hydrogens is 449 g/mol. The number of aryl methyl sites for hydroxylation is 2. The predicted molar refractivity (Wildman–Crippen MR) is 143 cm³/mol. The van der Waals surface area contributed by atoms with Crippen molar-refractivity contribution in [2.24, 2.45) is 0 Å². The third kappa shape index (κ3) is 5.72. The van der Waals surface area contributed by atoms with Crippen LogP contribution in [0.2, 0.25) is 0 Å². The fraction of sp³-hybridized carbons (Fsp3) is 0.219. The Kier molecular flexibility index (Phi) is 7.97. The van der Waals surface area contributed by atoms with Gasteiger partial charge in [-0.3, -0.25) is 9.69 Å². The molecule has 4 rings (SSSR count). The minimum absolute atomic E-state index is 0.140. The van der Waals surface area contributed by atoms with E-state index in [2.05, 4.69) is 11.8 Å². The van der Waals surface area contributed by atoms with E-state index in [0.717, 1.165) is 33.4 Å². The Morgan fingerprint density at radius 2 is 1.47 bits per heavy atom. The van der Waals surface area contributed by atoms with E-state index in [0.29, 0.717) is 12.1 Å². The highest BCUT2D eigenvalue weighted by atomic mass is 19.1. The van der Waals surface area contributed by atoms with Gasteiger partial charge in [-0.05, 0) is 66.3 Å². The van der Waals surface area contributed by atoms with Crippen LogP contribution in [0.25, 0.3) is 11.1 Å². The molecule has 0 saturated carbocycles. The van der Waals surface area contributed by atoms with Gasteiger partial charge >= 0.3 is 5.97 Å². The summed E-state index contributed by atoms with van der Waals surface area (Å²) in [5, 5.41) is 9.93. The number of carboxylic acids is 1. The number of rotatable bonds is 9. The number of benzene rings is 4. The van der Waals surface area contributed by atoms with Crippen molar-refractivity contribution in [1.82, 2.24) is 4.90 Å². The van der Waals surface area contributed by atoms with Crippen LogP contribution in [0.1, 0.15) is 53.2 Å². The van der Waals surface area contributed by atoms with Gasteiger partial charge in [-0.25, -0.2) is 4.39 Å². The summed E-state index contributed by atoms with van der Waals surface area (Å²) >= 11 is 0. The van der Waals surface area contributed by atoms with Crippen LogP contribution in [0.15, 0.2) is 97.1 Å². The first-order valence-electron chi connectivity index (χ1n) is 12.3. The molecular formula is C32H32FNO2. The summed E-state index contributed by atoms with van der Waals surface area (Å²) < 4.78 is 15.5. The first kappa shape index (κ1) is 25.3. The third-order valence-corrected chi connectivity index (χ3v) is 6.88. The average molecular weight is 482 g/mol. The second-order valence-corrected chi connectivity index (χ2v) is 9.36. The molecule has 0 aromatic heterocycles. The average Bonchev–Trinajstić information content (AvgIpc) is 2.87. The maximum absolute atomic E-state index is 15.5. The van der Waals surface area contributed by atoms with Gasteiger partial charge < -0.3 is 5.11 Å². The summed E-state index contributed by atoms with van der Waals surface area (Å²) in [6.45, 7) is 6.63. The van der Waals surface area contributed by atoms with Crippen LogP contribution in [0.3, 0.4) is 0 Å². The first-order valence-corrected chi connectivity index (χ1v) is 12.3. The molecule has 4 aromatic rings. The van der Waals surface area contributed by atoms with Crippen LogP contribution >= 0.6 is 0 Å². The molecule has 1 N–H and O–H groups in total. The lowest BCUT2D eigenvalue weighted by atomic mass is 9.91. The Morgan fingerprint density at radius 1 is 0.861 bits per heavy atom. The molecule has 2 atom stereocenters. The Morgan fingerprint density at radius 3 is 2.08 bits per heavy atom. The van der Waals surface area contributed by atoms with Crippen LogP contribution in [0.4, 0.5) is 4.39 Å². The van der Waals surface area contributed by atoms with Gasteiger partial charge in [0.15, 0.2) is 0 Å². The topological polar surface area (TPSA) is 40.5 Å². The summed E-state index contributed by atoms with van der Waals surface area (Å²) in [7, 11) is 0. The third-order valence-electron chi connectivity index (χ3n) is 6.88. The molecule has 0 aliphatic rings. The number of hydrogen-bond acceptors (Lipinski definition) is 2. The van der Waals surface area contributed by atoms with Crippen LogP contribution < -0.4 is 0 Å². The normalized spacial score (nSPS) is 12.9. The van der Waals surface area contributed by atoms with Gasteiger partial charge in [0, 0.05) is 24.2 Å². The fourth-order valence-electron chi connectivity index (χ4n) is 5.03. The Bertz CT molecular complexity index is 1300. The highest BCUT2D eigenvalue weighted by Gasteiger charge is 2.30. The van der Waals surface area contributed by atoms with E-state index in [9.17, 15) is 9.90 Å². The SMILES string of the molecule is Cc1cccc(C)c1-c1ccc(F)c([C@H](CC(=O)O)N(Cc2ccccc2)[C@H](C)c2ccccc2)c1. The number of carboxylic acid groups (broad SMARTS) is 1. The summed E-state index contributed by atoms with van der Waals surface area (Å²) in [4.78, 5) is 14.2. The smallest absolute Gasteiger partial charge is 0.305 e. The highest BCUT2D eigenvalue weighted by Crippen LogP contribution is 2.38. The quantitative estimate of drug-likeness (QED) is 0.264. The van der Waals surface area contributed by atoms with Crippen molar-refractivity contribution in [3.63, 3.8) is 0 Å². The van der Waals surface area contributed by atoms with Crippen molar-refractivity contribution in [3.8, 4) is 11.1 Å². The minimum atomic E-state index is -0.963. The van der Waals surface area contributed by atoms with E-state index in [4.69, 9.17) is 0 Å². The number of hydrogen-bond donors (Lipinski definition) is 1. The van der Waals surface area contributed by atoms with Crippen molar-refractivity contribution in [1.29, 1.82) is 0 Å². The molecule has 0 spiro atoms. The van der Waals surface area contributed by atoms with E-state index in [1.165, 1.54) is 6.07 Å².